The zero-order valence-electron chi connectivity index (χ0n) is 12.1. The van der Waals surface area contributed by atoms with E-state index in [4.69, 9.17) is 10.6 Å². The van der Waals surface area contributed by atoms with Crippen LogP contribution in [0.5, 0.6) is 5.75 Å². The van der Waals surface area contributed by atoms with Crippen molar-refractivity contribution in [2.75, 3.05) is 7.11 Å². The smallest absolute Gasteiger partial charge is 0.138 e. The molecule has 1 unspecified atom stereocenters. The lowest BCUT2D eigenvalue weighted by atomic mass is 10.0. The van der Waals surface area contributed by atoms with Crippen molar-refractivity contribution in [3.63, 3.8) is 0 Å². The zero-order chi connectivity index (χ0) is 14.5. The third-order valence-electron chi connectivity index (χ3n) is 3.24. The summed E-state index contributed by atoms with van der Waals surface area (Å²) in [5.41, 5.74) is 3.93. The standard InChI is InChI=1S/C14H21N5O/c1-10(2)19-14(16-9-17-19)8-13(18-15)11-4-6-12(20-3)7-5-11/h4-7,9-10,13,18H,8,15H2,1-3H3. The Morgan fingerprint density at radius 1 is 1.30 bits per heavy atom. The monoisotopic (exact) mass is 275 g/mol. The molecule has 6 heteroatoms. The number of aromatic nitrogens is 3. The van der Waals surface area contributed by atoms with Crippen LogP contribution >= 0.6 is 0 Å². The molecule has 0 aliphatic carbocycles. The van der Waals surface area contributed by atoms with Gasteiger partial charge in [-0.1, -0.05) is 12.1 Å². The average Bonchev–Trinajstić information content (AvgIpc) is 2.93. The number of hydrogen-bond donors (Lipinski definition) is 2. The van der Waals surface area contributed by atoms with E-state index in [2.05, 4.69) is 29.4 Å². The van der Waals surface area contributed by atoms with Gasteiger partial charge in [-0.25, -0.2) is 9.67 Å². The molecule has 0 fully saturated rings. The molecule has 0 radical (unpaired) electrons. The second kappa shape index (κ2) is 6.49. The minimum Gasteiger partial charge on any atom is -0.497 e. The molecule has 0 saturated carbocycles. The maximum Gasteiger partial charge on any atom is 0.138 e. The van der Waals surface area contributed by atoms with Gasteiger partial charge in [0.1, 0.15) is 17.9 Å². The van der Waals surface area contributed by atoms with Crippen LogP contribution in [0, 0.1) is 0 Å². The van der Waals surface area contributed by atoms with E-state index in [1.807, 2.05) is 28.9 Å². The van der Waals surface area contributed by atoms with Gasteiger partial charge in [0.05, 0.1) is 13.2 Å². The molecule has 0 amide bonds. The number of hydrogen-bond acceptors (Lipinski definition) is 5. The van der Waals surface area contributed by atoms with E-state index in [-0.39, 0.29) is 12.1 Å². The fourth-order valence-electron chi connectivity index (χ4n) is 2.14. The van der Waals surface area contributed by atoms with E-state index >= 15 is 0 Å². The first-order valence-electron chi connectivity index (χ1n) is 6.64. The summed E-state index contributed by atoms with van der Waals surface area (Å²) in [5, 5.41) is 4.24. The largest absolute Gasteiger partial charge is 0.497 e. The predicted molar refractivity (Wildman–Crippen MR) is 77.2 cm³/mol. The van der Waals surface area contributed by atoms with E-state index in [0.717, 1.165) is 17.1 Å². The lowest BCUT2D eigenvalue weighted by molar-refractivity contribution is 0.414. The number of benzene rings is 1. The average molecular weight is 275 g/mol. The number of ether oxygens (including phenoxy) is 1. The van der Waals surface area contributed by atoms with Crippen LogP contribution in [-0.4, -0.2) is 21.9 Å². The minimum absolute atomic E-state index is 0.0115. The first kappa shape index (κ1) is 14.5. The second-order valence-electron chi connectivity index (χ2n) is 4.91. The van der Waals surface area contributed by atoms with Crippen molar-refractivity contribution in [1.29, 1.82) is 0 Å². The minimum atomic E-state index is -0.0115. The number of hydrazine groups is 1. The summed E-state index contributed by atoms with van der Waals surface area (Å²) in [6, 6.07) is 8.11. The Bertz CT molecular complexity index is 535. The zero-order valence-corrected chi connectivity index (χ0v) is 12.1. The topological polar surface area (TPSA) is 78.0 Å². The highest BCUT2D eigenvalue weighted by Crippen LogP contribution is 2.20. The van der Waals surface area contributed by atoms with Gasteiger partial charge in [-0.15, -0.1) is 0 Å². The fraction of sp³-hybridized carbons (Fsp3) is 0.429. The Hall–Kier alpha value is -1.92. The van der Waals surface area contributed by atoms with E-state index in [1.54, 1.807) is 13.4 Å². The summed E-state index contributed by atoms with van der Waals surface area (Å²) in [6.45, 7) is 4.16. The first-order chi connectivity index (χ1) is 9.65. The second-order valence-corrected chi connectivity index (χ2v) is 4.91. The molecule has 1 atom stereocenters. The molecule has 0 aliphatic rings. The van der Waals surface area contributed by atoms with Gasteiger partial charge < -0.3 is 4.74 Å². The van der Waals surface area contributed by atoms with Crippen LogP contribution in [-0.2, 0) is 6.42 Å². The molecule has 0 spiro atoms. The summed E-state index contributed by atoms with van der Waals surface area (Å²) in [5.74, 6) is 7.42. The summed E-state index contributed by atoms with van der Waals surface area (Å²) in [4.78, 5) is 4.32. The highest BCUT2D eigenvalue weighted by atomic mass is 16.5. The van der Waals surface area contributed by atoms with Gasteiger partial charge in [0, 0.05) is 12.5 Å². The molecule has 3 N–H and O–H groups in total. The molecule has 108 valence electrons. The van der Waals surface area contributed by atoms with Crippen molar-refractivity contribution >= 4 is 0 Å². The molecule has 6 nitrogen and oxygen atoms in total. The maximum absolute atomic E-state index is 5.68. The van der Waals surface area contributed by atoms with Gasteiger partial charge in [0.15, 0.2) is 0 Å². The lowest BCUT2D eigenvalue weighted by Crippen LogP contribution is -2.30. The van der Waals surface area contributed by atoms with Gasteiger partial charge >= 0.3 is 0 Å². The van der Waals surface area contributed by atoms with Crippen LogP contribution in [0.2, 0.25) is 0 Å². The molecule has 2 aromatic rings. The quantitative estimate of drug-likeness (QED) is 0.618. The lowest BCUT2D eigenvalue weighted by Gasteiger charge is -2.17. The molecule has 0 bridgehead atoms. The van der Waals surface area contributed by atoms with Crippen molar-refractivity contribution in [3.8, 4) is 5.75 Å². The SMILES string of the molecule is COc1ccc(C(Cc2ncnn2C(C)C)NN)cc1. The Morgan fingerprint density at radius 2 is 2.00 bits per heavy atom. The van der Waals surface area contributed by atoms with Crippen LogP contribution in [0.1, 0.15) is 37.3 Å². The number of rotatable bonds is 6. The van der Waals surface area contributed by atoms with Crippen LogP contribution in [0.15, 0.2) is 30.6 Å². The molecule has 0 saturated heterocycles. The van der Waals surface area contributed by atoms with Crippen LogP contribution in [0.25, 0.3) is 0 Å². The van der Waals surface area contributed by atoms with Crippen molar-refractivity contribution in [1.82, 2.24) is 20.2 Å². The van der Waals surface area contributed by atoms with Crippen LogP contribution in [0.4, 0.5) is 0 Å². The van der Waals surface area contributed by atoms with Gasteiger partial charge in [-0.2, -0.15) is 5.10 Å². The van der Waals surface area contributed by atoms with E-state index in [0.29, 0.717) is 6.42 Å². The Morgan fingerprint density at radius 3 is 2.55 bits per heavy atom. The summed E-state index contributed by atoms with van der Waals surface area (Å²) >= 11 is 0. The molecule has 20 heavy (non-hydrogen) atoms. The van der Waals surface area contributed by atoms with Crippen LogP contribution in [0.3, 0.4) is 0 Å². The van der Waals surface area contributed by atoms with E-state index in [1.165, 1.54) is 0 Å². The predicted octanol–water partition coefficient (Wildman–Crippen LogP) is 1.61. The van der Waals surface area contributed by atoms with Crippen molar-refractivity contribution in [3.05, 3.63) is 42.0 Å². The molecule has 1 heterocycles. The number of methoxy groups -OCH3 is 1. The Kier molecular flexibility index (Phi) is 4.70. The molecule has 0 aliphatic heterocycles. The molecular formula is C14H21N5O. The van der Waals surface area contributed by atoms with E-state index < -0.39 is 0 Å². The molecule has 2 rings (SSSR count). The summed E-state index contributed by atoms with van der Waals surface area (Å²) < 4.78 is 7.07. The summed E-state index contributed by atoms with van der Waals surface area (Å²) in [6.07, 6.45) is 2.26. The molecular weight excluding hydrogens is 254 g/mol. The first-order valence-corrected chi connectivity index (χ1v) is 6.64. The third kappa shape index (κ3) is 3.15. The Labute approximate surface area is 118 Å². The van der Waals surface area contributed by atoms with Crippen molar-refractivity contribution in [2.45, 2.75) is 32.4 Å². The molecule has 1 aromatic heterocycles. The van der Waals surface area contributed by atoms with Crippen LogP contribution < -0.4 is 16.0 Å². The van der Waals surface area contributed by atoms with Gasteiger partial charge in [-0.3, -0.25) is 11.3 Å². The molecule has 1 aromatic carbocycles. The number of nitrogens with two attached hydrogens (primary N) is 1. The highest BCUT2D eigenvalue weighted by molar-refractivity contribution is 5.29. The van der Waals surface area contributed by atoms with Crippen molar-refractivity contribution in [2.24, 2.45) is 5.84 Å². The normalized spacial score (nSPS) is 12.7. The summed E-state index contributed by atoms with van der Waals surface area (Å²) in [7, 11) is 1.65. The fourth-order valence-corrected chi connectivity index (χ4v) is 2.14. The maximum atomic E-state index is 5.68. The van der Waals surface area contributed by atoms with E-state index in [9.17, 15) is 0 Å². The number of nitrogens with one attached hydrogen (secondary N) is 1. The van der Waals surface area contributed by atoms with Gasteiger partial charge in [-0.05, 0) is 31.5 Å². The van der Waals surface area contributed by atoms with Gasteiger partial charge in [0.2, 0.25) is 0 Å². The Balaban J connectivity index is 2.17. The van der Waals surface area contributed by atoms with Gasteiger partial charge in [0.25, 0.3) is 0 Å². The van der Waals surface area contributed by atoms with Crippen molar-refractivity contribution < 1.29 is 4.74 Å². The highest BCUT2D eigenvalue weighted by Gasteiger charge is 2.16. The third-order valence-corrected chi connectivity index (χ3v) is 3.24. The number of nitrogens with zero attached hydrogens (tertiary/aromatic N) is 3.